The molecule has 1 fully saturated rings. The molecule has 11 heteroatoms. The van der Waals surface area contributed by atoms with E-state index in [-0.39, 0.29) is 24.0 Å². The number of halogens is 5. The number of aromatic nitrogens is 2. The van der Waals surface area contributed by atoms with Crippen LogP contribution in [0.3, 0.4) is 0 Å². The van der Waals surface area contributed by atoms with Gasteiger partial charge in [-0.2, -0.15) is 13.2 Å². The number of hydrogen-bond acceptors (Lipinski definition) is 5. The van der Waals surface area contributed by atoms with Gasteiger partial charge in [0.2, 0.25) is 0 Å². The van der Waals surface area contributed by atoms with Gasteiger partial charge >= 0.3 is 6.18 Å². The number of ether oxygens (including phenoxy) is 1. The van der Waals surface area contributed by atoms with E-state index in [0.29, 0.717) is 30.9 Å². The van der Waals surface area contributed by atoms with Crippen molar-refractivity contribution in [1.29, 1.82) is 0 Å². The van der Waals surface area contributed by atoms with Crippen molar-refractivity contribution in [2.75, 3.05) is 26.7 Å². The van der Waals surface area contributed by atoms with Crippen LogP contribution in [0.15, 0.2) is 47.4 Å². The zero-order valence-electron chi connectivity index (χ0n) is 19.1. The molecular weight excluding hydrogens is 488 g/mol. The van der Waals surface area contributed by atoms with Crippen molar-refractivity contribution in [3.63, 3.8) is 0 Å². The summed E-state index contributed by atoms with van der Waals surface area (Å²) in [6, 6.07) is 8.66. The molecule has 190 valence electrons. The predicted molar refractivity (Wildman–Crippen MR) is 128 cm³/mol. The highest BCUT2D eigenvalue weighted by atomic mass is 35.5. The largest absolute Gasteiger partial charge is 0.497 e. The van der Waals surface area contributed by atoms with Crippen molar-refractivity contribution in [2.24, 2.45) is 0 Å². The first-order valence-corrected chi connectivity index (χ1v) is 11.1. The minimum Gasteiger partial charge on any atom is -0.497 e. The van der Waals surface area contributed by atoms with Gasteiger partial charge in [0.1, 0.15) is 11.6 Å². The Hall–Kier alpha value is -2.69. The molecule has 1 aliphatic rings. The standard InChI is InChI=1S/C24H26F4N4O2.ClH/c1-34-18-3-5-21-22(13-18)32(23(33)15-30-21)11-10-31-8-6-17(7-9-31)29-14-16-2-4-19(20(25)12-16)24(26,27)28;/h2-5,12-13,15,17,29H,6-11,14H2,1H3;1H. The van der Waals surface area contributed by atoms with Crippen LogP contribution in [0.4, 0.5) is 17.6 Å². The van der Waals surface area contributed by atoms with Gasteiger partial charge in [0.05, 0.1) is 29.9 Å². The number of piperidine rings is 1. The Morgan fingerprint density at radius 3 is 2.51 bits per heavy atom. The van der Waals surface area contributed by atoms with Crippen LogP contribution in [-0.2, 0) is 19.3 Å². The normalized spacial score (nSPS) is 15.2. The van der Waals surface area contributed by atoms with Crippen LogP contribution in [0, 0.1) is 5.82 Å². The Bertz CT molecular complexity index is 1210. The van der Waals surface area contributed by atoms with E-state index in [1.165, 1.54) is 12.3 Å². The third-order valence-corrected chi connectivity index (χ3v) is 6.21. The van der Waals surface area contributed by atoms with Crippen molar-refractivity contribution >= 4 is 23.4 Å². The quantitative estimate of drug-likeness (QED) is 0.478. The second-order valence-electron chi connectivity index (χ2n) is 8.41. The summed E-state index contributed by atoms with van der Waals surface area (Å²) in [7, 11) is 1.58. The van der Waals surface area contributed by atoms with Gasteiger partial charge in [0, 0.05) is 31.7 Å². The number of nitrogens with one attached hydrogen (secondary N) is 1. The van der Waals surface area contributed by atoms with Gasteiger partial charge in [-0.15, -0.1) is 12.4 Å². The van der Waals surface area contributed by atoms with Gasteiger partial charge in [0.15, 0.2) is 0 Å². The molecular formula is C24H27ClF4N4O2. The number of methoxy groups -OCH3 is 1. The fourth-order valence-electron chi connectivity index (χ4n) is 4.26. The lowest BCUT2D eigenvalue weighted by atomic mass is 10.0. The predicted octanol–water partition coefficient (Wildman–Crippen LogP) is 4.24. The van der Waals surface area contributed by atoms with Crippen molar-refractivity contribution < 1.29 is 22.3 Å². The molecule has 35 heavy (non-hydrogen) atoms. The first-order valence-electron chi connectivity index (χ1n) is 11.1. The van der Waals surface area contributed by atoms with Crippen LogP contribution in [0.1, 0.15) is 24.0 Å². The first kappa shape index (κ1) is 26.9. The molecule has 1 aliphatic heterocycles. The van der Waals surface area contributed by atoms with Crippen LogP contribution in [0.5, 0.6) is 5.75 Å². The second-order valence-corrected chi connectivity index (χ2v) is 8.41. The number of hydrogen-bond donors (Lipinski definition) is 1. The molecule has 0 atom stereocenters. The highest BCUT2D eigenvalue weighted by Gasteiger charge is 2.33. The summed E-state index contributed by atoms with van der Waals surface area (Å²) >= 11 is 0. The minimum atomic E-state index is -4.69. The number of fused-ring (bicyclic) bond motifs is 1. The summed E-state index contributed by atoms with van der Waals surface area (Å²) in [5.74, 6) is -0.591. The fraction of sp³-hybridized carbons (Fsp3) is 0.417. The van der Waals surface area contributed by atoms with E-state index in [4.69, 9.17) is 4.74 Å². The SMILES string of the molecule is COc1ccc2ncc(=O)n(CCN3CCC(NCc4ccc(C(F)(F)F)c(F)c4)CC3)c2c1.Cl. The fourth-order valence-corrected chi connectivity index (χ4v) is 4.26. The highest BCUT2D eigenvalue weighted by molar-refractivity contribution is 5.85. The molecule has 0 unspecified atom stereocenters. The molecule has 1 N–H and O–H groups in total. The Labute approximate surface area is 206 Å². The third kappa shape index (κ3) is 6.50. The summed E-state index contributed by atoms with van der Waals surface area (Å²) < 4.78 is 58.9. The Kier molecular flexibility index (Phi) is 8.74. The van der Waals surface area contributed by atoms with Crippen LogP contribution in [0.2, 0.25) is 0 Å². The smallest absolute Gasteiger partial charge is 0.419 e. The molecule has 2 aromatic carbocycles. The maximum absolute atomic E-state index is 13.8. The van der Waals surface area contributed by atoms with Crippen molar-refractivity contribution in [3.8, 4) is 5.75 Å². The van der Waals surface area contributed by atoms with Crippen molar-refractivity contribution in [1.82, 2.24) is 19.8 Å². The maximum atomic E-state index is 13.8. The molecule has 1 saturated heterocycles. The van der Waals surface area contributed by atoms with Crippen LogP contribution in [0.25, 0.3) is 11.0 Å². The highest BCUT2D eigenvalue weighted by Crippen LogP contribution is 2.31. The first-order chi connectivity index (χ1) is 16.2. The number of rotatable bonds is 7. The molecule has 6 nitrogen and oxygen atoms in total. The van der Waals surface area contributed by atoms with Crippen molar-refractivity contribution in [3.05, 3.63) is 69.9 Å². The molecule has 0 bridgehead atoms. The molecule has 0 saturated carbocycles. The van der Waals surface area contributed by atoms with Gasteiger partial charge < -0.3 is 19.5 Å². The minimum absolute atomic E-state index is 0. The average molecular weight is 515 g/mol. The molecule has 2 heterocycles. The van der Waals surface area contributed by atoms with Crippen LogP contribution >= 0.6 is 12.4 Å². The van der Waals surface area contributed by atoms with E-state index in [9.17, 15) is 22.4 Å². The lowest BCUT2D eigenvalue weighted by Gasteiger charge is -2.32. The molecule has 0 amide bonds. The Morgan fingerprint density at radius 2 is 1.86 bits per heavy atom. The Morgan fingerprint density at radius 1 is 1.11 bits per heavy atom. The number of likely N-dealkylation sites (tertiary alicyclic amines) is 1. The second kappa shape index (κ2) is 11.4. The molecule has 1 aromatic heterocycles. The molecule has 0 spiro atoms. The lowest BCUT2D eigenvalue weighted by Crippen LogP contribution is -2.43. The van der Waals surface area contributed by atoms with E-state index >= 15 is 0 Å². The zero-order valence-corrected chi connectivity index (χ0v) is 20.0. The van der Waals surface area contributed by atoms with E-state index in [2.05, 4.69) is 15.2 Å². The van der Waals surface area contributed by atoms with Gasteiger partial charge in [-0.3, -0.25) is 4.79 Å². The third-order valence-electron chi connectivity index (χ3n) is 6.21. The molecule has 3 aromatic rings. The number of nitrogens with zero attached hydrogens (tertiary/aromatic N) is 3. The van der Waals surface area contributed by atoms with Gasteiger partial charge in [-0.25, -0.2) is 9.37 Å². The van der Waals surface area contributed by atoms with E-state index in [0.717, 1.165) is 49.1 Å². The van der Waals surface area contributed by atoms with Crippen LogP contribution in [-0.4, -0.2) is 47.2 Å². The molecule has 0 radical (unpaired) electrons. The van der Waals surface area contributed by atoms with E-state index < -0.39 is 17.6 Å². The summed E-state index contributed by atoms with van der Waals surface area (Å²) in [5, 5.41) is 3.31. The lowest BCUT2D eigenvalue weighted by molar-refractivity contribution is -0.140. The summed E-state index contributed by atoms with van der Waals surface area (Å²) in [5.41, 5.74) is 0.521. The van der Waals surface area contributed by atoms with E-state index in [1.807, 2.05) is 12.1 Å². The monoisotopic (exact) mass is 514 g/mol. The average Bonchev–Trinajstić information content (AvgIpc) is 2.81. The van der Waals surface area contributed by atoms with Gasteiger partial charge in [0.25, 0.3) is 5.56 Å². The number of benzene rings is 2. The zero-order chi connectivity index (χ0) is 24.3. The Balaban J connectivity index is 0.00000342. The molecule has 4 rings (SSSR count). The van der Waals surface area contributed by atoms with Gasteiger partial charge in [-0.05, 0) is 55.8 Å². The molecule has 0 aliphatic carbocycles. The summed E-state index contributed by atoms with van der Waals surface area (Å²) in [6.07, 6.45) is -1.66. The van der Waals surface area contributed by atoms with Crippen molar-refractivity contribution in [2.45, 2.75) is 38.1 Å². The van der Waals surface area contributed by atoms with Crippen LogP contribution < -0.4 is 15.6 Å². The van der Waals surface area contributed by atoms with Gasteiger partial charge in [-0.1, -0.05) is 6.07 Å². The van der Waals surface area contributed by atoms with E-state index in [1.54, 1.807) is 17.7 Å². The maximum Gasteiger partial charge on any atom is 0.419 e. The summed E-state index contributed by atoms with van der Waals surface area (Å²) in [4.78, 5) is 18.9. The number of alkyl halides is 3. The topological polar surface area (TPSA) is 59.4 Å². The summed E-state index contributed by atoms with van der Waals surface area (Å²) in [6.45, 7) is 3.17.